The van der Waals surface area contributed by atoms with Crippen LogP contribution in [0.3, 0.4) is 0 Å². The smallest absolute Gasteiger partial charge is 0.162 e. The molecule has 1 aromatic heterocycles. The molecule has 104 valence electrons. The fourth-order valence-corrected chi connectivity index (χ4v) is 2.92. The number of benzene rings is 2. The SMILES string of the molecule is Nc1cc(Sc2ccc(Br)cc2)nc(-c2ccccc2)n1. The van der Waals surface area contributed by atoms with Gasteiger partial charge >= 0.3 is 0 Å². The molecule has 3 aromatic rings. The van der Waals surface area contributed by atoms with Crippen LogP contribution in [0.2, 0.25) is 0 Å². The average molecular weight is 358 g/mol. The molecule has 0 spiro atoms. The molecular weight excluding hydrogens is 346 g/mol. The summed E-state index contributed by atoms with van der Waals surface area (Å²) in [6.45, 7) is 0. The van der Waals surface area contributed by atoms with E-state index in [4.69, 9.17) is 5.73 Å². The van der Waals surface area contributed by atoms with Crippen LogP contribution in [-0.4, -0.2) is 9.97 Å². The highest BCUT2D eigenvalue weighted by molar-refractivity contribution is 9.10. The number of rotatable bonds is 3. The molecule has 3 nitrogen and oxygen atoms in total. The van der Waals surface area contributed by atoms with E-state index >= 15 is 0 Å². The van der Waals surface area contributed by atoms with E-state index in [2.05, 4.69) is 25.9 Å². The second-order valence-corrected chi connectivity index (χ2v) is 6.39. The lowest BCUT2D eigenvalue weighted by Gasteiger charge is -2.06. The van der Waals surface area contributed by atoms with Crippen LogP contribution >= 0.6 is 27.7 Å². The predicted molar refractivity (Wildman–Crippen MR) is 90.1 cm³/mol. The monoisotopic (exact) mass is 357 g/mol. The second-order valence-electron chi connectivity index (χ2n) is 4.38. The maximum absolute atomic E-state index is 5.90. The van der Waals surface area contributed by atoms with Crippen LogP contribution in [0, 0.1) is 0 Å². The summed E-state index contributed by atoms with van der Waals surface area (Å²) in [6, 6.07) is 19.7. The first-order valence-corrected chi connectivity index (χ1v) is 7.95. The summed E-state index contributed by atoms with van der Waals surface area (Å²) in [7, 11) is 0. The number of anilines is 1. The predicted octanol–water partition coefficient (Wildman–Crippen LogP) is 4.64. The molecule has 0 saturated heterocycles. The van der Waals surface area contributed by atoms with Gasteiger partial charge in [-0.15, -0.1) is 0 Å². The second kappa shape index (κ2) is 6.28. The summed E-state index contributed by atoms with van der Waals surface area (Å²) in [5.74, 6) is 1.12. The molecule has 0 radical (unpaired) electrons. The van der Waals surface area contributed by atoms with Crippen LogP contribution < -0.4 is 5.73 Å². The van der Waals surface area contributed by atoms with Gasteiger partial charge in [-0.3, -0.25) is 0 Å². The molecule has 21 heavy (non-hydrogen) atoms. The minimum Gasteiger partial charge on any atom is -0.384 e. The molecule has 0 aliphatic heterocycles. The lowest BCUT2D eigenvalue weighted by Crippen LogP contribution is -1.97. The van der Waals surface area contributed by atoms with Crippen molar-refractivity contribution < 1.29 is 0 Å². The van der Waals surface area contributed by atoms with Crippen molar-refractivity contribution in [2.24, 2.45) is 0 Å². The largest absolute Gasteiger partial charge is 0.384 e. The van der Waals surface area contributed by atoms with Gasteiger partial charge in [-0.05, 0) is 24.3 Å². The highest BCUT2D eigenvalue weighted by Crippen LogP contribution is 2.29. The zero-order chi connectivity index (χ0) is 14.7. The van der Waals surface area contributed by atoms with E-state index in [1.807, 2.05) is 54.6 Å². The van der Waals surface area contributed by atoms with Gasteiger partial charge in [-0.1, -0.05) is 58.0 Å². The van der Waals surface area contributed by atoms with Gasteiger partial charge in [0.1, 0.15) is 10.8 Å². The van der Waals surface area contributed by atoms with Crippen molar-refractivity contribution >= 4 is 33.5 Å². The summed E-state index contributed by atoms with van der Waals surface area (Å²) < 4.78 is 1.05. The molecule has 0 bridgehead atoms. The number of nitrogens with zero attached hydrogens (tertiary/aromatic N) is 2. The van der Waals surface area contributed by atoms with Gasteiger partial charge in [-0.25, -0.2) is 9.97 Å². The molecule has 1 heterocycles. The van der Waals surface area contributed by atoms with Gasteiger partial charge in [0.2, 0.25) is 0 Å². The van der Waals surface area contributed by atoms with Gasteiger partial charge in [0.15, 0.2) is 5.82 Å². The van der Waals surface area contributed by atoms with Crippen molar-refractivity contribution in [3.8, 4) is 11.4 Å². The minimum atomic E-state index is 0.475. The Morgan fingerprint density at radius 1 is 0.905 bits per heavy atom. The van der Waals surface area contributed by atoms with Crippen LogP contribution in [0.25, 0.3) is 11.4 Å². The van der Waals surface area contributed by atoms with E-state index < -0.39 is 0 Å². The van der Waals surface area contributed by atoms with Crippen LogP contribution in [0.4, 0.5) is 5.82 Å². The molecular formula is C16H12BrN3S. The van der Waals surface area contributed by atoms with Crippen LogP contribution in [0.1, 0.15) is 0 Å². The van der Waals surface area contributed by atoms with Gasteiger partial charge < -0.3 is 5.73 Å². The Hall–Kier alpha value is -1.85. The van der Waals surface area contributed by atoms with Gasteiger partial charge in [0.05, 0.1) is 0 Å². The van der Waals surface area contributed by atoms with Crippen molar-refractivity contribution in [2.75, 3.05) is 5.73 Å². The highest BCUT2D eigenvalue weighted by Gasteiger charge is 2.06. The van der Waals surface area contributed by atoms with E-state index in [0.29, 0.717) is 11.6 Å². The third-order valence-electron chi connectivity index (χ3n) is 2.79. The van der Waals surface area contributed by atoms with Gasteiger partial charge in [0, 0.05) is 21.0 Å². The van der Waals surface area contributed by atoms with Gasteiger partial charge in [0.25, 0.3) is 0 Å². The third kappa shape index (κ3) is 3.62. The van der Waals surface area contributed by atoms with Crippen LogP contribution in [0.15, 0.2) is 75.1 Å². The number of nitrogen functional groups attached to an aromatic ring is 1. The number of halogens is 1. The van der Waals surface area contributed by atoms with E-state index in [1.165, 1.54) is 0 Å². The van der Waals surface area contributed by atoms with Crippen molar-refractivity contribution in [1.29, 1.82) is 0 Å². The molecule has 2 N–H and O–H groups in total. The number of aromatic nitrogens is 2. The zero-order valence-corrected chi connectivity index (χ0v) is 13.4. The van der Waals surface area contributed by atoms with Crippen molar-refractivity contribution in [2.45, 2.75) is 9.92 Å². The molecule has 3 rings (SSSR count). The van der Waals surface area contributed by atoms with Crippen LogP contribution in [0.5, 0.6) is 0 Å². The maximum Gasteiger partial charge on any atom is 0.162 e. The van der Waals surface area contributed by atoms with Crippen molar-refractivity contribution in [3.63, 3.8) is 0 Å². The van der Waals surface area contributed by atoms with E-state index in [0.717, 1.165) is 20.0 Å². The zero-order valence-electron chi connectivity index (χ0n) is 11.0. The lowest BCUT2D eigenvalue weighted by atomic mass is 10.2. The Balaban J connectivity index is 1.93. The summed E-state index contributed by atoms with van der Waals surface area (Å²) in [5.41, 5.74) is 6.86. The normalized spacial score (nSPS) is 10.5. The fraction of sp³-hybridized carbons (Fsp3) is 0. The molecule has 5 heteroatoms. The first-order chi connectivity index (χ1) is 10.2. The van der Waals surface area contributed by atoms with Crippen LogP contribution in [-0.2, 0) is 0 Å². The molecule has 0 saturated carbocycles. The third-order valence-corrected chi connectivity index (χ3v) is 4.25. The maximum atomic E-state index is 5.90. The fourth-order valence-electron chi connectivity index (χ4n) is 1.83. The van der Waals surface area contributed by atoms with Crippen molar-refractivity contribution in [3.05, 3.63) is 65.1 Å². The Labute approximate surface area is 135 Å². The first kappa shape index (κ1) is 14.1. The summed E-state index contributed by atoms with van der Waals surface area (Å²) in [5, 5.41) is 0.837. The number of hydrogen-bond acceptors (Lipinski definition) is 4. The summed E-state index contributed by atoms with van der Waals surface area (Å²) in [6.07, 6.45) is 0. The van der Waals surface area contributed by atoms with Crippen molar-refractivity contribution in [1.82, 2.24) is 9.97 Å². The topological polar surface area (TPSA) is 51.8 Å². The first-order valence-electron chi connectivity index (χ1n) is 6.34. The lowest BCUT2D eigenvalue weighted by molar-refractivity contribution is 1.06. The Morgan fingerprint density at radius 2 is 1.62 bits per heavy atom. The number of nitrogens with two attached hydrogens (primary N) is 1. The van der Waals surface area contributed by atoms with Gasteiger partial charge in [-0.2, -0.15) is 0 Å². The van der Waals surface area contributed by atoms with E-state index in [9.17, 15) is 0 Å². The quantitative estimate of drug-likeness (QED) is 0.693. The minimum absolute atomic E-state index is 0.475. The molecule has 0 aliphatic rings. The molecule has 0 atom stereocenters. The number of hydrogen-bond donors (Lipinski definition) is 1. The molecule has 2 aromatic carbocycles. The van der Waals surface area contributed by atoms with E-state index in [1.54, 1.807) is 17.8 Å². The Bertz CT molecular complexity index is 745. The molecule has 0 unspecified atom stereocenters. The van der Waals surface area contributed by atoms with E-state index in [-0.39, 0.29) is 0 Å². The molecule has 0 fully saturated rings. The standard InChI is InChI=1S/C16H12BrN3S/c17-12-6-8-13(9-7-12)21-15-10-14(18)19-16(20-15)11-4-2-1-3-5-11/h1-10H,(H2,18,19,20). The average Bonchev–Trinajstić information content (AvgIpc) is 2.50. The highest BCUT2D eigenvalue weighted by atomic mass is 79.9. The summed E-state index contributed by atoms with van der Waals surface area (Å²) in [4.78, 5) is 9.99. The summed E-state index contributed by atoms with van der Waals surface area (Å²) >= 11 is 5.00. The Kier molecular flexibility index (Phi) is 4.22. The Morgan fingerprint density at radius 3 is 2.33 bits per heavy atom. The molecule has 0 amide bonds. The molecule has 0 aliphatic carbocycles.